The second-order valence-electron chi connectivity index (χ2n) is 3.09. The molecule has 0 unspecified atom stereocenters. The van der Waals surface area contributed by atoms with E-state index < -0.39 is 0 Å². The lowest BCUT2D eigenvalue weighted by molar-refractivity contribution is 0.414. The van der Waals surface area contributed by atoms with Crippen molar-refractivity contribution >= 4 is 11.8 Å². The van der Waals surface area contributed by atoms with E-state index in [9.17, 15) is 0 Å². The minimum Gasteiger partial charge on any atom is -0.497 e. The number of aromatic nitrogens is 1. The molecule has 1 heterocycles. The van der Waals surface area contributed by atoms with E-state index in [0.29, 0.717) is 0 Å². The van der Waals surface area contributed by atoms with Gasteiger partial charge in [0.15, 0.2) is 6.19 Å². The van der Waals surface area contributed by atoms with Gasteiger partial charge in [-0.15, -0.1) is 0 Å². The summed E-state index contributed by atoms with van der Waals surface area (Å²) in [6.07, 6.45) is 3.83. The van der Waals surface area contributed by atoms with Gasteiger partial charge in [0.25, 0.3) is 0 Å². The van der Waals surface area contributed by atoms with E-state index in [4.69, 9.17) is 10.00 Å². The first kappa shape index (κ1) is 10.7. The van der Waals surface area contributed by atoms with Crippen LogP contribution < -0.4 is 4.74 Å². The van der Waals surface area contributed by atoms with Gasteiger partial charge in [-0.25, -0.2) is 4.57 Å². The average Bonchev–Trinajstić information content (AvgIpc) is 2.77. The van der Waals surface area contributed by atoms with Crippen molar-refractivity contribution in [1.82, 2.24) is 4.57 Å². The zero-order chi connectivity index (χ0) is 11.4. The van der Waals surface area contributed by atoms with Crippen molar-refractivity contribution in [2.75, 3.05) is 7.11 Å². The maximum Gasteiger partial charge on any atom is 0.189 e. The quantitative estimate of drug-likeness (QED) is 0.813. The maximum atomic E-state index is 8.85. The molecule has 4 heteroatoms. The monoisotopic (exact) mass is 230 g/mol. The zero-order valence-electron chi connectivity index (χ0n) is 8.75. The van der Waals surface area contributed by atoms with Crippen LogP contribution in [0.2, 0.25) is 0 Å². The summed E-state index contributed by atoms with van der Waals surface area (Å²) in [7, 11) is 1.64. The van der Waals surface area contributed by atoms with Gasteiger partial charge in [-0.2, -0.15) is 5.26 Å². The van der Waals surface area contributed by atoms with E-state index >= 15 is 0 Å². The highest BCUT2D eigenvalue weighted by atomic mass is 32.2. The molecule has 0 aliphatic rings. The molecule has 0 atom stereocenters. The molecule has 0 saturated heterocycles. The molecule has 0 fully saturated rings. The molecule has 0 saturated carbocycles. The smallest absolute Gasteiger partial charge is 0.189 e. The highest BCUT2D eigenvalue weighted by molar-refractivity contribution is 7.99. The van der Waals surface area contributed by atoms with Crippen LogP contribution in [0.25, 0.3) is 0 Å². The molecule has 2 aromatic rings. The molecule has 3 nitrogen and oxygen atoms in total. The van der Waals surface area contributed by atoms with Crippen molar-refractivity contribution in [2.45, 2.75) is 9.92 Å². The second kappa shape index (κ2) is 4.77. The van der Waals surface area contributed by atoms with Gasteiger partial charge in [0.1, 0.15) is 5.75 Å². The van der Waals surface area contributed by atoms with Crippen molar-refractivity contribution in [3.63, 3.8) is 0 Å². The Kier molecular flexibility index (Phi) is 3.18. The largest absolute Gasteiger partial charge is 0.497 e. The van der Waals surface area contributed by atoms with Crippen LogP contribution in [0.1, 0.15) is 0 Å². The van der Waals surface area contributed by atoms with Gasteiger partial charge in [0, 0.05) is 11.1 Å². The van der Waals surface area contributed by atoms with Crippen LogP contribution in [0.5, 0.6) is 5.75 Å². The van der Waals surface area contributed by atoms with E-state index in [1.54, 1.807) is 25.1 Å². The Morgan fingerprint density at radius 2 is 2.00 bits per heavy atom. The van der Waals surface area contributed by atoms with Crippen LogP contribution in [0, 0.1) is 11.5 Å². The highest BCUT2D eigenvalue weighted by Crippen LogP contribution is 2.28. The number of rotatable bonds is 3. The summed E-state index contributed by atoms with van der Waals surface area (Å²) in [5.41, 5.74) is 0. The third-order valence-corrected chi connectivity index (χ3v) is 3.15. The molecule has 16 heavy (non-hydrogen) atoms. The summed E-state index contributed by atoms with van der Waals surface area (Å²) < 4.78 is 6.62. The van der Waals surface area contributed by atoms with Crippen LogP contribution in [-0.2, 0) is 0 Å². The molecular formula is C12H10N2OS. The Hall–Kier alpha value is -1.86. The van der Waals surface area contributed by atoms with E-state index in [1.165, 1.54) is 4.57 Å². The van der Waals surface area contributed by atoms with Crippen molar-refractivity contribution in [2.24, 2.45) is 0 Å². The van der Waals surface area contributed by atoms with Gasteiger partial charge in [-0.3, -0.25) is 0 Å². The highest BCUT2D eigenvalue weighted by Gasteiger charge is 2.02. The van der Waals surface area contributed by atoms with Gasteiger partial charge >= 0.3 is 0 Å². The zero-order valence-corrected chi connectivity index (χ0v) is 9.57. The Labute approximate surface area is 98.3 Å². The van der Waals surface area contributed by atoms with E-state index in [0.717, 1.165) is 15.7 Å². The van der Waals surface area contributed by atoms with Gasteiger partial charge in [-0.05, 0) is 36.4 Å². The number of nitrogens with zero attached hydrogens (tertiary/aromatic N) is 2. The Morgan fingerprint density at radius 1 is 1.25 bits per heavy atom. The molecule has 2 rings (SSSR count). The lowest BCUT2D eigenvalue weighted by Crippen LogP contribution is -1.86. The standard InChI is InChI=1S/C12H10N2OS/c1-15-10-4-6-11(7-5-10)16-12-3-2-8-14(12)9-13/h2-8H,1H3. The fraction of sp³-hybridized carbons (Fsp3) is 0.0833. The van der Waals surface area contributed by atoms with E-state index in [1.807, 2.05) is 36.4 Å². The maximum absolute atomic E-state index is 8.85. The summed E-state index contributed by atoms with van der Waals surface area (Å²) in [6.45, 7) is 0. The Bertz CT molecular complexity index is 511. The van der Waals surface area contributed by atoms with Crippen molar-refractivity contribution in [3.8, 4) is 11.9 Å². The summed E-state index contributed by atoms with van der Waals surface area (Å²) in [5, 5.41) is 9.76. The van der Waals surface area contributed by atoms with E-state index in [-0.39, 0.29) is 0 Å². The van der Waals surface area contributed by atoms with Crippen LogP contribution >= 0.6 is 11.8 Å². The summed E-state index contributed by atoms with van der Waals surface area (Å²) in [4.78, 5) is 1.08. The molecule has 0 N–H and O–H groups in total. The normalized spacial score (nSPS) is 9.75. The average molecular weight is 230 g/mol. The minimum atomic E-state index is 0.833. The Morgan fingerprint density at radius 3 is 2.62 bits per heavy atom. The fourth-order valence-corrected chi connectivity index (χ4v) is 2.16. The third kappa shape index (κ3) is 2.20. The lowest BCUT2D eigenvalue weighted by atomic mass is 10.3. The first-order valence-electron chi connectivity index (χ1n) is 4.73. The Balaban J connectivity index is 2.18. The van der Waals surface area contributed by atoms with Crippen LogP contribution in [0.15, 0.2) is 52.5 Å². The van der Waals surface area contributed by atoms with Crippen LogP contribution in [0.3, 0.4) is 0 Å². The first-order valence-corrected chi connectivity index (χ1v) is 5.54. The summed E-state index contributed by atoms with van der Waals surface area (Å²) in [5.74, 6) is 0.833. The molecule has 1 aromatic heterocycles. The second-order valence-corrected chi connectivity index (χ2v) is 4.19. The predicted molar refractivity (Wildman–Crippen MR) is 62.6 cm³/mol. The fourth-order valence-electron chi connectivity index (χ4n) is 1.30. The van der Waals surface area contributed by atoms with Crippen molar-refractivity contribution < 1.29 is 4.74 Å². The number of hydrogen-bond donors (Lipinski definition) is 0. The van der Waals surface area contributed by atoms with Gasteiger partial charge < -0.3 is 4.74 Å². The number of nitriles is 1. The molecule has 0 radical (unpaired) electrons. The van der Waals surface area contributed by atoms with Gasteiger partial charge in [0.2, 0.25) is 0 Å². The van der Waals surface area contributed by atoms with E-state index in [2.05, 4.69) is 6.19 Å². The molecule has 80 valence electrons. The van der Waals surface area contributed by atoms with Crippen LogP contribution in [0.4, 0.5) is 0 Å². The first-order chi connectivity index (χ1) is 7.83. The molecule has 0 spiro atoms. The number of hydrogen-bond acceptors (Lipinski definition) is 3. The minimum absolute atomic E-state index is 0.833. The molecule has 1 aromatic carbocycles. The van der Waals surface area contributed by atoms with Crippen molar-refractivity contribution in [1.29, 1.82) is 5.26 Å². The number of benzene rings is 1. The summed E-state index contributed by atoms with van der Waals surface area (Å²) >= 11 is 1.55. The topological polar surface area (TPSA) is 38.0 Å². The summed E-state index contributed by atoms with van der Waals surface area (Å²) in [6, 6.07) is 11.5. The molecule has 0 bridgehead atoms. The molecular weight excluding hydrogens is 220 g/mol. The van der Waals surface area contributed by atoms with Crippen LogP contribution in [-0.4, -0.2) is 11.7 Å². The number of methoxy groups -OCH3 is 1. The lowest BCUT2D eigenvalue weighted by Gasteiger charge is -2.03. The third-order valence-electron chi connectivity index (χ3n) is 2.10. The van der Waals surface area contributed by atoms with Gasteiger partial charge in [-0.1, -0.05) is 11.8 Å². The SMILES string of the molecule is COc1ccc(Sc2cccn2C#N)cc1. The number of ether oxygens (including phenoxy) is 1. The molecule has 0 aliphatic heterocycles. The predicted octanol–water partition coefficient (Wildman–Crippen LogP) is 2.98. The van der Waals surface area contributed by atoms with Crippen molar-refractivity contribution in [3.05, 3.63) is 42.6 Å². The van der Waals surface area contributed by atoms with Gasteiger partial charge in [0.05, 0.1) is 12.1 Å². The molecule has 0 aliphatic carbocycles. The molecule has 0 amide bonds.